The van der Waals surface area contributed by atoms with Crippen molar-refractivity contribution in [1.82, 2.24) is 0 Å². The molecule has 1 rings (SSSR count). The molecule has 1 radical (unpaired) electrons. The zero-order valence-corrected chi connectivity index (χ0v) is 7.19. The van der Waals surface area contributed by atoms with E-state index in [0.29, 0.717) is 12.1 Å². The van der Waals surface area contributed by atoms with E-state index < -0.39 is 17.6 Å². The minimum Gasteiger partial charge on any atom is -0.382 e. The predicted molar refractivity (Wildman–Crippen MR) is 41.4 cm³/mol. The Morgan fingerprint density at radius 1 is 1.21 bits per heavy atom. The molecule has 0 unspecified atom stereocenters. The quantitative estimate of drug-likeness (QED) is 0.701. The number of hydrogen-bond acceptors (Lipinski definition) is 1. The van der Waals surface area contributed by atoms with Gasteiger partial charge in [0.2, 0.25) is 0 Å². The fourth-order valence-electron chi connectivity index (χ4n) is 0.962. The van der Waals surface area contributed by atoms with Gasteiger partial charge in [-0.05, 0) is 30.7 Å². The molecule has 0 spiro atoms. The fraction of sp³-hybridized carbons (Fsp3) is 0.222. The molecule has 1 aromatic carbocycles. The van der Waals surface area contributed by atoms with Gasteiger partial charge in [0.05, 0.1) is 5.56 Å². The maximum atomic E-state index is 12.7. The van der Waals surface area contributed by atoms with Crippen molar-refractivity contribution in [2.75, 3.05) is 0 Å². The Hall–Kier alpha value is -1.10. The van der Waals surface area contributed by atoms with Gasteiger partial charge in [-0.2, -0.15) is 13.2 Å². The second kappa shape index (κ2) is 3.57. The molecule has 0 saturated carbocycles. The smallest absolute Gasteiger partial charge is 0.382 e. The summed E-state index contributed by atoms with van der Waals surface area (Å²) < 4.78 is 49.2. The van der Waals surface area contributed by atoms with Gasteiger partial charge in [-0.1, -0.05) is 0 Å². The van der Waals surface area contributed by atoms with E-state index in [1.54, 1.807) is 0 Å². The predicted octanol–water partition coefficient (Wildman–Crippen LogP) is 3.12. The first kappa shape index (κ1) is 11.0. The highest BCUT2D eigenvalue weighted by molar-refractivity contribution is 5.32. The normalized spacial score (nSPS) is 12.2. The molecule has 0 atom stereocenters. The van der Waals surface area contributed by atoms with Crippen molar-refractivity contribution in [2.45, 2.75) is 13.1 Å². The van der Waals surface area contributed by atoms with Crippen LogP contribution in [-0.2, 0) is 6.18 Å². The SMILES string of the molecule is C[C](O)c1cc(F)cc(C(F)(F)F)c1. The second-order valence-electron chi connectivity index (χ2n) is 2.81. The summed E-state index contributed by atoms with van der Waals surface area (Å²) in [4.78, 5) is 0. The van der Waals surface area contributed by atoms with E-state index in [1.165, 1.54) is 6.92 Å². The number of alkyl halides is 3. The van der Waals surface area contributed by atoms with Crippen LogP contribution in [0.5, 0.6) is 0 Å². The zero-order valence-electron chi connectivity index (χ0n) is 7.19. The van der Waals surface area contributed by atoms with Crippen LogP contribution in [0.1, 0.15) is 18.1 Å². The minimum atomic E-state index is -4.60. The lowest BCUT2D eigenvalue weighted by molar-refractivity contribution is -0.137. The Labute approximate surface area is 78.0 Å². The summed E-state index contributed by atoms with van der Waals surface area (Å²) >= 11 is 0. The molecule has 14 heavy (non-hydrogen) atoms. The second-order valence-corrected chi connectivity index (χ2v) is 2.81. The first-order valence-electron chi connectivity index (χ1n) is 3.71. The molecule has 0 aliphatic carbocycles. The number of halogens is 4. The molecule has 1 aromatic rings. The molecular weight excluding hydrogens is 200 g/mol. The summed E-state index contributed by atoms with van der Waals surface area (Å²) in [6, 6.07) is 1.91. The number of aliphatic hydroxyl groups is 1. The highest BCUT2D eigenvalue weighted by Gasteiger charge is 2.31. The molecule has 0 saturated heterocycles. The van der Waals surface area contributed by atoms with Crippen LogP contribution < -0.4 is 0 Å². The van der Waals surface area contributed by atoms with Crippen LogP contribution >= 0.6 is 0 Å². The number of rotatable bonds is 1. The van der Waals surface area contributed by atoms with E-state index in [-0.39, 0.29) is 11.7 Å². The molecule has 77 valence electrons. The van der Waals surface area contributed by atoms with Crippen LogP contribution in [0.3, 0.4) is 0 Å². The molecule has 0 amide bonds. The van der Waals surface area contributed by atoms with Crippen molar-refractivity contribution < 1.29 is 22.7 Å². The van der Waals surface area contributed by atoms with Crippen LogP contribution in [0.15, 0.2) is 18.2 Å². The van der Waals surface area contributed by atoms with Gasteiger partial charge in [0.1, 0.15) is 11.9 Å². The van der Waals surface area contributed by atoms with E-state index >= 15 is 0 Å². The number of aliphatic hydroxyl groups excluding tert-OH is 1. The molecule has 1 N–H and O–H groups in total. The van der Waals surface area contributed by atoms with Gasteiger partial charge in [-0.3, -0.25) is 0 Å². The third-order valence-electron chi connectivity index (χ3n) is 1.64. The van der Waals surface area contributed by atoms with Crippen LogP contribution in [0, 0.1) is 11.9 Å². The molecular formula is C9H7F4O. The summed E-state index contributed by atoms with van der Waals surface area (Å²) in [6.45, 7) is 1.19. The summed E-state index contributed by atoms with van der Waals surface area (Å²) in [6.07, 6.45) is -4.96. The lowest BCUT2D eigenvalue weighted by atomic mass is 10.1. The van der Waals surface area contributed by atoms with Gasteiger partial charge >= 0.3 is 6.18 Å². The standard InChI is InChI=1S/C9H7F4O/c1-5(14)6-2-7(9(11,12)13)4-8(10)3-6/h2-4,14H,1H3. The Morgan fingerprint density at radius 3 is 2.21 bits per heavy atom. The van der Waals surface area contributed by atoms with Gasteiger partial charge in [0, 0.05) is 0 Å². The highest BCUT2D eigenvalue weighted by Crippen LogP contribution is 2.31. The summed E-state index contributed by atoms with van der Waals surface area (Å²) in [5.41, 5.74) is -1.28. The molecule has 0 aliphatic rings. The summed E-state index contributed by atoms with van der Waals surface area (Å²) in [7, 11) is 0. The Morgan fingerprint density at radius 2 is 1.79 bits per heavy atom. The molecule has 0 fully saturated rings. The van der Waals surface area contributed by atoms with Gasteiger partial charge in [-0.15, -0.1) is 0 Å². The Balaban J connectivity index is 3.21. The maximum absolute atomic E-state index is 12.7. The molecule has 0 aromatic heterocycles. The van der Waals surface area contributed by atoms with E-state index in [4.69, 9.17) is 5.11 Å². The lowest BCUT2D eigenvalue weighted by Crippen LogP contribution is -2.07. The van der Waals surface area contributed by atoms with Crippen molar-refractivity contribution in [2.24, 2.45) is 0 Å². The third kappa shape index (κ3) is 2.45. The number of hydrogen-bond donors (Lipinski definition) is 1. The largest absolute Gasteiger partial charge is 0.416 e. The van der Waals surface area contributed by atoms with Crippen molar-refractivity contribution in [3.8, 4) is 0 Å². The van der Waals surface area contributed by atoms with E-state index in [9.17, 15) is 17.6 Å². The van der Waals surface area contributed by atoms with Crippen LogP contribution in [0.25, 0.3) is 0 Å². The Bertz CT molecular complexity index is 330. The molecule has 1 nitrogen and oxygen atoms in total. The first-order chi connectivity index (χ1) is 6.30. The third-order valence-corrected chi connectivity index (χ3v) is 1.64. The summed E-state index contributed by atoms with van der Waals surface area (Å²) in [5.74, 6) is -1.02. The van der Waals surface area contributed by atoms with E-state index in [1.807, 2.05) is 0 Å². The average molecular weight is 207 g/mol. The van der Waals surface area contributed by atoms with Crippen LogP contribution in [-0.4, -0.2) is 5.11 Å². The minimum absolute atomic E-state index is 0.169. The van der Waals surface area contributed by atoms with Gasteiger partial charge < -0.3 is 5.11 Å². The molecule has 0 heterocycles. The van der Waals surface area contributed by atoms with Crippen molar-refractivity contribution in [1.29, 1.82) is 0 Å². The van der Waals surface area contributed by atoms with Gasteiger partial charge in [0.15, 0.2) is 0 Å². The monoisotopic (exact) mass is 207 g/mol. The molecule has 0 aliphatic heterocycles. The van der Waals surface area contributed by atoms with E-state index in [0.717, 1.165) is 6.07 Å². The van der Waals surface area contributed by atoms with Crippen LogP contribution in [0.2, 0.25) is 0 Å². The van der Waals surface area contributed by atoms with Gasteiger partial charge in [0.25, 0.3) is 0 Å². The van der Waals surface area contributed by atoms with Crippen LogP contribution in [0.4, 0.5) is 17.6 Å². The maximum Gasteiger partial charge on any atom is 0.416 e. The topological polar surface area (TPSA) is 20.2 Å². The highest BCUT2D eigenvalue weighted by atomic mass is 19.4. The first-order valence-corrected chi connectivity index (χ1v) is 3.71. The number of benzene rings is 1. The molecule has 5 heteroatoms. The van der Waals surface area contributed by atoms with E-state index in [2.05, 4.69) is 0 Å². The zero-order chi connectivity index (χ0) is 10.9. The fourth-order valence-corrected chi connectivity index (χ4v) is 0.962. The van der Waals surface area contributed by atoms with Gasteiger partial charge in [-0.25, -0.2) is 4.39 Å². The summed E-state index contributed by atoms with van der Waals surface area (Å²) in [5, 5.41) is 8.92. The molecule has 0 bridgehead atoms. The Kier molecular flexibility index (Phi) is 2.80. The lowest BCUT2D eigenvalue weighted by Gasteiger charge is -2.10. The van der Waals surface area contributed by atoms with Crippen molar-refractivity contribution in [3.63, 3.8) is 0 Å². The van der Waals surface area contributed by atoms with Crippen molar-refractivity contribution in [3.05, 3.63) is 41.2 Å². The van der Waals surface area contributed by atoms with Crippen molar-refractivity contribution >= 4 is 0 Å². The average Bonchev–Trinajstić information content (AvgIpc) is 2.01.